The van der Waals surface area contributed by atoms with E-state index >= 15 is 0 Å². The van der Waals surface area contributed by atoms with Crippen molar-refractivity contribution in [2.45, 2.75) is 39.8 Å². The van der Waals surface area contributed by atoms with E-state index < -0.39 is 0 Å². The van der Waals surface area contributed by atoms with Crippen molar-refractivity contribution in [3.63, 3.8) is 0 Å². The Morgan fingerprint density at radius 1 is 1.53 bits per heavy atom. The van der Waals surface area contributed by atoms with Gasteiger partial charge in [0.15, 0.2) is 0 Å². The minimum absolute atomic E-state index is 0.0432. The van der Waals surface area contributed by atoms with Crippen molar-refractivity contribution in [2.75, 3.05) is 23.4 Å². The third-order valence-corrected chi connectivity index (χ3v) is 4.36. The fraction of sp³-hybridized carbons (Fsp3) is 0.692. The first-order chi connectivity index (χ1) is 9.00. The Hall–Kier alpha value is -1.01. The van der Waals surface area contributed by atoms with Crippen LogP contribution in [0.15, 0.2) is 0 Å². The summed E-state index contributed by atoms with van der Waals surface area (Å²) in [5.74, 6) is 1.96. The Morgan fingerprint density at radius 3 is 2.79 bits per heavy atom. The third kappa shape index (κ3) is 3.12. The van der Waals surface area contributed by atoms with Gasteiger partial charge in [0.25, 0.3) is 0 Å². The molecule has 1 aromatic heterocycles. The first-order valence-electron chi connectivity index (χ1n) is 6.68. The van der Waals surface area contributed by atoms with Crippen molar-refractivity contribution in [1.29, 1.82) is 0 Å². The highest BCUT2D eigenvalue weighted by molar-refractivity contribution is 7.99. The lowest BCUT2D eigenvalue weighted by atomic mass is 10.2. The van der Waals surface area contributed by atoms with Crippen LogP contribution in [-0.2, 0) is 4.79 Å². The predicted molar refractivity (Wildman–Crippen MR) is 79.8 cm³/mol. The van der Waals surface area contributed by atoms with Gasteiger partial charge in [-0.25, -0.2) is 0 Å². The van der Waals surface area contributed by atoms with Crippen LogP contribution in [0.3, 0.4) is 0 Å². The molecule has 1 amide bonds. The van der Waals surface area contributed by atoms with Gasteiger partial charge in [0.2, 0.25) is 5.91 Å². The smallest absolute Gasteiger partial charge is 0.242 e. The first-order valence-corrected chi connectivity index (χ1v) is 7.84. The molecule has 1 aliphatic rings. The Kier molecular flexibility index (Phi) is 4.52. The van der Waals surface area contributed by atoms with E-state index in [1.54, 1.807) is 0 Å². The molecular formula is C13H22N4OS. The number of hydrogen-bond donors (Lipinski definition) is 2. The number of amides is 1. The number of anilines is 1. The van der Waals surface area contributed by atoms with E-state index in [1.165, 1.54) is 0 Å². The molecule has 1 fully saturated rings. The van der Waals surface area contributed by atoms with Crippen LogP contribution in [0, 0.1) is 13.8 Å². The average Bonchev–Trinajstić information content (AvgIpc) is 2.68. The van der Waals surface area contributed by atoms with E-state index in [0.717, 1.165) is 35.1 Å². The summed E-state index contributed by atoms with van der Waals surface area (Å²) in [5.41, 5.74) is 2.75. The van der Waals surface area contributed by atoms with Gasteiger partial charge in [-0.2, -0.15) is 16.9 Å². The van der Waals surface area contributed by atoms with Crippen LogP contribution in [0.2, 0.25) is 0 Å². The monoisotopic (exact) mass is 282 g/mol. The van der Waals surface area contributed by atoms with E-state index in [1.807, 2.05) is 30.3 Å². The Balaban J connectivity index is 2.12. The topological polar surface area (TPSA) is 59.0 Å². The maximum absolute atomic E-state index is 12.2. The van der Waals surface area contributed by atoms with E-state index in [2.05, 4.69) is 29.6 Å². The quantitative estimate of drug-likeness (QED) is 0.886. The van der Waals surface area contributed by atoms with Crippen LogP contribution < -0.4 is 10.6 Å². The third-order valence-electron chi connectivity index (χ3n) is 3.30. The van der Waals surface area contributed by atoms with Crippen LogP contribution in [0.25, 0.3) is 0 Å². The van der Waals surface area contributed by atoms with Gasteiger partial charge in [-0.05, 0) is 27.7 Å². The van der Waals surface area contributed by atoms with Gasteiger partial charge >= 0.3 is 0 Å². The van der Waals surface area contributed by atoms with Crippen LogP contribution in [0.4, 0.5) is 5.69 Å². The minimum Gasteiger partial charge on any atom is -0.322 e. The second-order valence-corrected chi connectivity index (χ2v) is 6.30. The standard InChI is InChI=1S/C13H22N4OS/c1-8(2)17-10(4)12(9(3)16-17)15-13(18)11-7-19-6-5-14-11/h8,11,14H,5-7H2,1-4H3,(H,15,18). The van der Waals surface area contributed by atoms with E-state index in [-0.39, 0.29) is 11.9 Å². The number of aromatic nitrogens is 2. The normalized spacial score (nSPS) is 19.7. The zero-order chi connectivity index (χ0) is 14.0. The zero-order valence-corrected chi connectivity index (χ0v) is 12.8. The van der Waals surface area contributed by atoms with E-state index in [9.17, 15) is 4.79 Å². The number of nitrogens with zero attached hydrogens (tertiary/aromatic N) is 2. The van der Waals surface area contributed by atoms with E-state index in [4.69, 9.17) is 0 Å². The summed E-state index contributed by atoms with van der Waals surface area (Å²) >= 11 is 1.82. The molecule has 1 saturated heterocycles. The van der Waals surface area contributed by atoms with Gasteiger partial charge in [0.05, 0.1) is 23.1 Å². The molecule has 0 aromatic carbocycles. The molecule has 1 aromatic rings. The molecule has 2 rings (SSSR count). The van der Waals surface area contributed by atoms with Gasteiger partial charge in [-0.3, -0.25) is 9.48 Å². The van der Waals surface area contributed by atoms with Crippen LogP contribution in [-0.4, -0.2) is 39.8 Å². The second-order valence-electron chi connectivity index (χ2n) is 5.16. The Morgan fingerprint density at radius 2 is 2.26 bits per heavy atom. The van der Waals surface area contributed by atoms with Crippen molar-refractivity contribution in [3.05, 3.63) is 11.4 Å². The summed E-state index contributed by atoms with van der Waals surface area (Å²) < 4.78 is 1.95. The van der Waals surface area contributed by atoms with Crippen molar-refractivity contribution in [3.8, 4) is 0 Å². The number of aryl methyl sites for hydroxylation is 1. The summed E-state index contributed by atoms with van der Waals surface area (Å²) in [4.78, 5) is 12.2. The lowest BCUT2D eigenvalue weighted by Crippen LogP contribution is -2.46. The molecule has 0 aliphatic carbocycles. The Labute approximate surface area is 118 Å². The highest BCUT2D eigenvalue weighted by atomic mass is 32.2. The molecule has 1 aliphatic heterocycles. The largest absolute Gasteiger partial charge is 0.322 e. The van der Waals surface area contributed by atoms with E-state index in [0.29, 0.717) is 6.04 Å². The fourth-order valence-electron chi connectivity index (χ4n) is 2.29. The fourth-order valence-corrected chi connectivity index (χ4v) is 3.22. The molecule has 106 valence electrons. The number of thioether (sulfide) groups is 1. The molecule has 2 heterocycles. The summed E-state index contributed by atoms with van der Waals surface area (Å²) in [6, 6.07) is 0.202. The zero-order valence-electron chi connectivity index (χ0n) is 12.0. The highest BCUT2D eigenvalue weighted by Crippen LogP contribution is 2.23. The predicted octanol–water partition coefficient (Wildman–Crippen LogP) is 1.72. The maximum atomic E-state index is 12.2. The number of carbonyl (C=O) groups is 1. The molecule has 2 N–H and O–H groups in total. The van der Waals surface area contributed by atoms with Crippen molar-refractivity contribution in [1.82, 2.24) is 15.1 Å². The summed E-state index contributed by atoms with van der Waals surface area (Å²) in [6.45, 7) is 9.00. The SMILES string of the molecule is Cc1nn(C(C)C)c(C)c1NC(=O)C1CSCCN1. The highest BCUT2D eigenvalue weighted by Gasteiger charge is 2.23. The van der Waals surface area contributed by atoms with Crippen molar-refractivity contribution >= 4 is 23.4 Å². The Bertz CT molecular complexity index is 463. The lowest BCUT2D eigenvalue weighted by Gasteiger charge is -2.22. The maximum Gasteiger partial charge on any atom is 0.242 e. The first kappa shape index (κ1) is 14.4. The summed E-state index contributed by atoms with van der Waals surface area (Å²) in [7, 11) is 0. The molecule has 1 unspecified atom stereocenters. The van der Waals surface area contributed by atoms with Crippen molar-refractivity contribution in [2.24, 2.45) is 0 Å². The van der Waals surface area contributed by atoms with Gasteiger partial charge in [-0.15, -0.1) is 0 Å². The lowest BCUT2D eigenvalue weighted by molar-refractivity contribution is -0.117. The van der Waals surface area contributed by atoms with Crippen molar-refractivity contribution < 1.29 is 4.79 Å². The molecule has 19 heavy (non-hydrogen) atoms. The molecule has 0 saturated carbocycles. The molecule has 0 spiro atoms. The van der Waals surface area contributed by atoms with Crippen LogP contribution in [0.1, 0.15) is 31.3 Å². The van der Waals surface area contributed by atoms with Crippen LogP contribution in [0.5, 0.6) is 0 Å². The van der Waals surface area contributed by atoms with Gasteiger partial charge in [0.1, 0.15) is 0 Å². The second kappa shape index (κ2) is 5.96. The van der Waals surface area contributed by atoms with Crippen LogP contribution >= 0.6 is 11.8 Å². The molecule has 5 nitrogen and oxygen atoms in total. The summed E-state index contributed by atoms with van der Waals surface area (Å²) in [5, 5.41) is 10.8. The number of hydrogen-bond acceptors (Lipinski definition) is 4. The number of carbonyl (C=O) groups excluding carboxylic acids is 1. The molecule has 0 bridgehead atoms. The van der Waals surface area contributed by atoms with Gasteiger partial charge in [-0.1, -0.05) is 0 Å². The average molecular weight is 282 g/mol. The molecule has 0 radical (unpaired) electrons. The summed E-state index contributed by atoms with van der Waals surface area (Å²) in [6.07, 6.45) is 0. The van der Waals surface area contributed by atoms with Gasteiger partial charge < -0.3 is 10.6 Å². The number of rotatable bonds is 3. The molecule has 6 heteroatoms. The molecule has 1 atom stereocenters. The van der Waals surface area contributed by atoms with Gasteiger partial charge in [0, 0.05) is 24.1 Å². The molecular weight excluding hydrogens is 260 g/mol. The minimum atomic E-state index is -0.0973. The number of nitrogens with one attached hydrogen (secondary N) is 2.